The van der Waals surface area contributed by atoms with Crippen LogP contribution in [0.2, 0.25) is 0 Å². The van der Waals surface area contributed by atoms with E-state index in [1.54, 1.807) is 12.1 Å². The van der Waals surface area contributed by atoms with Crippen LogP contribution in [0.4, 0.5) is 29.2 Å². The third-order valence-electron chi connectivity index (χ3n) is 4.74. The summed E-state index contributed by atoms with van der Waals surface area (Å²) in [5.41, 5.74) is 3.90. The van der Waals surface area contributed by atoms with Crippen molar-refractivity contribution in [2.45, 2.75) is 0 Å². The van der Waals surface area contributed by atoms with Crippen molar-refractivity contribution in [3.8, 4) is 5.75 Å². The van der Waals surface area contributed by atoms with Crippen LogP contribution in [0.3, 0.4) is 0 Å². The van der Waals surface area contributed by atoms with Crippen LogP contribution in [0.5, 0.6) is 5.75 Å². The summed E-state index contributed by atoms with van der Waals surface area (Å²) < 4.78 is 10.6. The van der Waals surface area contributed by atoms with E-state index >= 15 is 0 Å². The molecule has 0 saturated carbocycles. The summed E-state index contributed by atoms with van der Waals surface area (Å²) in [5.74, 6) is 1.16. The Morgan fingerprint density at radius 1 is 1.09 bits per heavy atom. The maximum atomic E-state index is 11.2. The molecule has 0 atom stereocenters. The van der Waals surface area contributed by atoms with Gasteiger partial charge in [0.15, 0.2) is 0 Å². The third kappa shape index (κ3) is 5.49. The number of hydrazone groups is 1. The lowest BCUT2D eigenvalue weighted by Gasteiger charge is -2.27. The predicted octanol–water partition coefficient (Wildman–Crippen LogP) is 2.81. The number of methoxy groups -OCH3 is 1. The van der Waals surface area contributed by atoms with E-state index in [4.69, 9.17) is 9.47 Å². The number of hydrogen-bond donors (Lipinski definition) is 2. The summed E-state index contributed by atoms with van der Waals surface area (Å²) in [6.07, 6.45) is 1.41. The zero-order valence-corrected chi connectivity index (χ0v) is 17.8. The van der Waals surface area contributed by atoms with Gasteiger partial charge in [-0.25, -0.2) is 5.43 Å². The summed E-state index contributed by atoms with van der Waals surface area (Å²) in [4.78, 5) is 26.1. The van der Waals surface area contributed by atoms with Crippen LogP contribution in [0.1, 0.15) is 5.56 Å². The van der Waals surface area contributed by atoms with Crippen molar-refractivity contribution in [2.75, 3.05) is 49.1 Å². The number of hydrogen-bond acceptors (Lipinski definition) is 11. The fourth-order valence-corrected chi connectivity index (χ4v) is 3.20. The topological polar surface area (TPSA) is 140 Å². The molecule has 0 bridgehead atoms. The maximum absolute atomic E-state index is 11.2. The predicted molar refractivity (Wildman–Crippen MR) is 123 cm³/mol. The van der Waals surface area contributed by atoms with Gasteiger partial charge in [-0.3, -0.25) is 10.1 Å². The number of ether oxygens (including phenoxy) is 2. The number of morpholine rings is 1. The van der Waals surface area contributed by atoms with Crippen molar-refractivity contribution in [1.82, 2.24) is 15.0 Å². The highest BCUT2D eigenvalue weighted by molar-refractivity contribution is 5.86. The second-order valence-corrected chi connectivity index (χ2v) is 6.90. The lowest BCUT2D eigenvalue weighted by atomic mass is 10.2. The molecule has 1 aromatic heterocycles. The normalized spacial score (nSPS) is 13.7. The Kier molecular flexibility index (Phi) is 6.85. The number of nitrogens with one attached hydrogen (secondary N) is 2. The molecule has 0 radical (unpaired) electrons. The van der Waals surface area contributed by atoms with Gasteiger partial charge in [-0.1, -0.05) is 24.3 Å². The number of para-hydroxylation sites is 2. The SMILES string of the molecule is COc1c(/C=N\Nc2nc(Nc3ccccc3)nc(N3CCOCC3)n2)cccc1[N+](=O)[O-]. The lowest BCUT2D eigenvalue weighted by Crippen LogP contribution is -2.37. The molecule has 2 N–H and O–H groups in total. The first kappa shape index (κ1) is 21.9. The molecule has 0 amide bonds. The lowest BCUT2D eigenvalue weighted by molar-refractivity contribution is -0.385. The van der Waals surface area contributed by atoms with Crippen LogP contribution in [0, 0.1) is 10.1 Å². The second kappa shape index (κ2) is 10.3. The Morgan fingerprint density at radius 3 is 2.58 bits per heavy atom. The Balaban J connectivity index is 1.59. The zero-order chi connectivity index (χ0) is 23.0. The van der Waals surface area contributed by atoms with E-state index in [0.717, 1.165) is 5.69 Å². The number of anilines is 4. The summed E-state index contributed by atoms with van der Waals surface area (Å²) in [5, 5.41) is 18.5. The van der Waals surface area contributed by atoms with Gasteiger partial charge in [0.05, 0.1) is 31.5 Å². The Bertz CT molecular complexity index is 1140. The van der Waals surface area contributed by atoms with Crippen molar-refractivity contribution >= 4 is 35.4 Å². The van der Waals surface area contributed by atoms with Crippen LogP contribution in [0.25, 0.3) is 0 Å². The van der Waals surface area contributed by atoms with Crippen LogP contribution in [-0.4, -0.2) is 59.5 Å². The van der Waals surface area contributed by atoms with Gasteiger partial charge < -0.3 is 19.7 Å². The molecule has 1 fully saturated rings. The van der Waals surface area contributed by atoms with Gasteiger partial charge in [0.2, 0.25) is 23.6 Å². The van der Waals surface area contributed by atoms with E-state index in [0.29, 0.717) is 43.8 Å². The molecule has 0 aliphatic carbocycles. The van der Waals surface area contributed by atoms with Crippen LogP contribution < -0.4 is 20.4 Å². The van der Waals surface area contributed by atoms with Crippen LogP contribution in [0.15, 0.2) is 53.6 Å². The summed E-state index contributed by atoms with van der Waals surface area (Å²) in [7, 11) is 1.37. The molecule has 2 heterocycles. The maximum Gasteiger partial charge on any atom is 0.311 e. The minimum absolute atomic E-state index is 0.115. The molecule has 1 aliphatic heterocycles. The number of nitro groups is 1. The van der Waals surface area contributed by atoms with E-state index in [2.05, 4.69) is 30.8 Å². The molecule has 12 heteroatoms. The quantitative estimate of drug-likeness (QED) is 0.299. The second-order valence-electron chi connectivity index (χ2n) is 6.90. The van der Waals surface area contributed by atoms with Crippen molar-refractivity contribution in [3.63, 3.8) is 0 Å². The van der Waals surface area contributed by atoms with Crippen molar-refractivity contribution in [2.24, 2.45) is 5.10 Å². The number of benzene rings is 2. The van der Waals surface area contributed by atoms with E-state index < -0.39 is 4.92 Å². The highest BCUT2D eigenvalue weighted by atomic mass is 16.6. The smallest absolute Gasteiger partial charge is 0.311 e. The molecule has 1 saturated heterocycles. The average molecular weight is 450 g/mol. The highest BCUT2D eigenvalue weighted by Gasteiger charge is 2.18. The first-order valence-electron chi connectivity index (χ1n) is 10.2. The molecule has 0 unspecified atom stereocenters. The van der Waals surface area contributed by atoms with Gasteiger partial charge >= 0.3 is 5.69 Å². The minimum atomic E-state index is -0.508. The molecule has 0 spiro atoms. The molecular formula is C21H22N8O4. The molecule has 2 aromatic carbocycles. The Labute approximate surface area is 189 Å². The van der Waals surface area contributed by atoms with E-state index in [1.807, 2.05) is 35.2 Å². The van der Waals surface area contributed by atoms with E-state index in [9.17, 15) is 10.1 Å². The average Bonchev–Trinajstić information content (AvgIpc) is 2.85. The fourth-order valence-electron chi connectivity index (χ4n) is 3.20. The highest BCUT2D eigenvalue weighted by Crippen LogP contribution is 2.29. The largest absolute Gasteiger partial charge is 0.490 e. The van der Waals surface area contributed by atoms with Crippen molar-refractivity contribution in [3.05, 3.63) is 64.2 Å². The van der Waals surface area contributed by atoms with Gasteiger partial charge in [0.1, 0.15) is 0 Å². The standard InChI is InChI=1S/C21H22N8O4/c1-32-18-15(6-5-9-17(18)29(30)31)14-22-27-20-24-19(23-16-7-3-2-4-8-16)25-21(26-20)28-10-12-33-13-11-28/h2-9,14H,10-13H2,1H3,(H2,23,24,25,26,27)/b22-14-. The van der Waals surface area contributed by atoms with Gasteiger partial charge in [-0.2, -0.15) is 20.1 Å². The number of nitrogens with zero attached hydrogens (tertiary/aromatic N) is 6. The number of rotatable bonds is 8. The van der Waals surface area contributed by atoms with Crippen LogP contribution >= 0.6 is 0 Å². The van der Waals surface area contributed by atoms with E-state index in [-0.39, 0.29) is 17.4 Å². The molecule has 33 heavy (non-hydrogen) atoms. The number of nitro benzene ring substituents is 1. The zero-order valence-electron chi connectivity index (χ0n) is 17.8. The molecule has 170 valence electrons. The minimum Gasteiger partial charge on any atom is -0.490 e. The van der Waals surface area contributed by atoms with Gasteiger partial charge in [-0.15, -0.1) is 0 Å². The summed E-state index contributed by atoms with van der Waals surface area (Å²) >= 11 is 0. The first-order chi connectivity index (χ1) is 16.1. The van der Waals surface area contributed by atoms with Gasteiger partial charge in [0.25, 0.3) is 0 Å². The summed E-state index contributed by atoms with van der Waals surface area (Å²) in [6, 6.07) is 14.1. The molecule has 3 aromatic rings. The molecule has 12 nitrogen and oxygen atoms in total. The van der Waals surface area contributed by atoms with Crippen molar-refractivity contribution in [1.29, 1.82) is 0 Å². The van der Waals surface area contributed by atoms with E-state index in [1.165, 1.54) is 19.4 Å². The Morgan fingerprint density at radius 2 is 1.85 bits per heavy atom. The van der Waals surface area contributed by atoms with Crippen molar-refractivity contribution < 1.29 is 14.4 Å². The third-order valence-corrected chi connectivity index (χ3v) is 4.74. The monoisotopic (exact) mass is 450 g/mol. The van der Waals surface area contributed by atoms with Crippen LogP contribution in [-0.2, 0) is 4.74 Å². The summed E-state index contributed by atoms with van der Waals surface area (Å²) in [6.45, 7) is 2.48. The molecule has 1 aliphatic rings. The fraction of sp³-hybridized carbons (Fsp3) is 0.238. The number of aromatic nitrogens is 3. The molecular weight excluding hydrogens is 428 g/mol. The van der Waals surface area contributed by atoms with Gasteiger partial charge in [-0.05, 0) is 18.2 Å². The van der Waals surface area contributed by atoms with Gasteiger partial charge in [0, 0.05) is 30.4 Å². The molecule has 4 rings (SSSR count). The first-order valence-corrected chi connectivity index (χ1v) is 10.2. The Hall–Kier alpha value is -4.32.